The monoisotopic (exact) mass is 238 g/mol. The second kappa shape index (κ2) is 4.47. The fraction of sp³-hybridized carbons (Fsp3) is 0.500. The highest BCUT2D eigenvalue weighted by Crippen LogP contribution is 2.32. The van der Waals surface area contributed by atoms with E-state index in [1.807, 2.05) is 12.1 Å². The highest BCUT2D eigenvalue weighted by molar-refractivity contribution is 6.69. The van der Waals surface area contributed by atoms with Gasteiger partial charge in [-0.25, -0.2) is 0 Å². The molecule has 0 radical (unpaired) electrons. The topological polar surface area (TPSA) is 27.7 Å². The van der Waals surface area contributed by atoms with Gasteiger partial charge >= 0.3 is 0 Å². The molecular weight excluding hydrogens is 220 g/mol. The minimum atomic E-state index is -1.39. The van der Waals surface area contributed by atoms with Gasteiger partial charge in [-0.15, -0.1) is 0 Å². The van der Waals surface area contributed by atoms with Crippen LogP contribution in [-0.2, 0) is 10.8 Å². The van der Waals surface area contributed by atoms with Crippen molar-refractivity contribution in [1.82, 2.24) is 0 Å². The molecule has 1 aromatic rings. The van der Waals surface area contributed by atoms with E-state index in [0.717, 1.165) is 24.5 Å². The molecule has 0 fully saturated rings. The van der Waals surface area contributed by atoms with E-state index in [1.54, 1.807) is 0 Å². The molecule has 0 unspecified atom stereocenters. The van der Waals surface area contributed by atoms with Crippen LogP contribution >= 0.6 is 0 Å². The van der Waals surface area contributed by atoms with Crippen molar-refractivity contribution in [2.45, 2.75) is 26.1 Å². The van der Waals surface area contributed by atoms with Crippen LogP contribution < -0.4 is 9.47 Å². The zero-order valence-electron chi connectivity index (χ0n) is 10.1. The maximum absolute atomic E-state index is 5.82. The van der Waals surface area contributed by atoms with E-state index in [2.05, 4.69) is 25.7 Å². The molecule has 3 nitrogen and oxygen atoms in total. The van der Waals surface area contributed by atoms with Crippen molar-refractivity contribution in [2.75, 3.05) is 13.4 Å². The van der Waals surface area contributed by atoms with E-state index >= 15 is 0 Å². The SMILES string of the molecule is C[Si](C)(C)OCCc1ccc2c(c1)OCO2. The van der Waals surface area contributed by atoms with Crippen LogP contribution in [0, 0.1) is 0 Å². The summed E-state index contributed by atoms with van der Waals surface area (Å²) in [7, 11) is -1.39. The molecule has 0 bridgehead atoms. The van der Waals surface area contributed by atoms with Crippen LogP contribution in [0.2, 0.25) is 19.6 Å². The summed E-state index contributed by atoms with van der Waals surface area (Å²) in [4.78, 5) is 0. The van der Waals surface area contributed by atoms with Crippen LogP contribution in [-0.4, -0.2) is 21.7 Å². The quantitative estimate of drug-likeness (QED) is 0.755. The Labute approximate surface area is 97.5 Å². The zero-order chi connectivity index (χ0) is 11.6. The molecule has 4 heteroatoms. The molecule has 16 heavy (non-hydrogen) atoms. The molecule has 0 N–H and O–H groups in total. The normalized spacial score (nSPS) is 14.2. The fourth-order valence-corrected chi connectivity index (χ4v) is 2.29. The Morgan fingerprint density at radius 1 is 1.19 bits per heavy atom. The minimum absolute atomic E-state index is 0.337. The van der Waals surface area contributed by atoms with Crippen molar-refractivity contribution in [3.8, 4) is 11.5 Å². The van der Waals surface area contributed by atoms with Gasteiger partial charge in [-0.1, -0.05) is 6.07 Å². The Kier molecular flexibility index (Phi) is 3.21. The predicted molar refractivity (Wildman–Crippen MR) is 65.6 cm³/mol. The highest BCUT2D eigenvalue weighted by atomic mass is 28.4. The first-order chi connectivity index (χ1) is 7.54. The molecule has 2 rings (SSSR count). The minimum Gasteiger partial charge on any atom is -0.454 e. The number of hydrogen-bond acceptors (Lipinski definition) is 3. The van der Waals surface area contributed by atoms with Gasteiger partial charge in [-0.3, -0.25) is 0 Å². The van der Waals surface area contributed by atoms with Gasteiger partial charge in [0.05, 0.1) is 0 Å². The van der Waals surface area contributed by atoms with Gasteiger partial charge in [-0.05, 0) is 43.8 Å². The summed E-state index contributed by atoms with van der Waals surface area (Å²) in [6.07, 6.45) is 0.931. The average molecular weight is 238 g/mol. The Hall–Kier alpha value is -1.00. The third-order valence-electron chi connectivity index (χ3n) is 2.36. The molecule has 0 saturated carbocycles. The van der Waals surface area contributed by atoms with Gasteiger partial charge in [0, 0.05) is 6.61 Å². The summed E-state index contributed by atoms with van der Waals surface area (Å²) in [5, 5.41) is 0. The van der Waals surface area contributed by atoms with Crippen molar-refractivity contribution in [3.63, 3.8) is 0 Å². The van der Waals surface area contributed by atoms with Crippen molar-refractivity contribution in [2.24, 2.45) is 0 Å². The Morgan fingerprint density at radius 2 is 1.94 bits per heavy atom. The van der Waals surface area contributed by atoms with E-state index in [4.69, 9.17) is 13.9 Å². The lowest BCUT2D eigenvalue weighted by molar-refractivity contribution is 0.174. The van der Waals surface area contributed by atoms with Crippen LogP contribution in [0.3, 0.4) is 0 Å². The van der Waals surface area contributed by atoms with Gasteiger partial charge in [0.2, 0.25) is 6.79 Å². The van der Waals surface area contributed by atoms with Crippen molar-refractivity contribution in [3.05, 3.63) is 23.8 Å². The van der Waals surface area contributed by atoms with Gasteiger partial charge in [0.25, 0.3) is 0 Å². The van der Waals surface area contributed by atoms with E-state index in [1.165, 1.54) is 5.56 Å². The zero-order valence-corrected chi connectivity index (χ0v) is 11.1. The summed E-state index contributed by atoms with van der Waals surface area (Å²) in [6, 6.07) is 6.07. The van der Waals surface area contributed by atoms with Crippen molar-refractivity contribution < 1.29 is 13.9 Å². The second-order valence-electron chi connectivity index (χ2n) is 4.90. The number of benzene rings is 1. The molecule has 0 atom stereocenters. The molecule has 0 amide bonds. The van der Waals surface area contributed by atoms with E-state index in [-0.39, 0.29) is 0 Å². The Morgan fingerprint density at radius 3 is 2.69 bits per heavy atom. The standard InChI is InChI=1S/C12H18O3Si/c1-16(2,3)15-7-6-10-4-5-11-12(8-10)14-9-13-11/h4-5,8H,6-7,9H2,1-3H3. The predicted octanol–water partition coefficient (Wildman–Crippen LogP) is 2.81. The third-order valence-corrected chi connectivity index (χ3v) is 3.43. The smallest absolute Gasteiger partial charge is 0.231 e. The maximum atomic E-state index is 5.82. The lowest BCUT2D eigenvalue weighted by atomic mass is 10.1. The van der Waals surface area contributed by atoms with Gasteiger partial charge in [0.1, 0.15) is 0 Å². The van der Waals surface area contributed by atoms with Crippen LogP contribution in [0.25, 0.3) is 0 Å². The van der Waals surface area contributed by atoms with Gasteiger partial charge in [-0.2, -0.15) is 0 Å². The summed E-state index contributed by atoms with van der Waals surface area (Å²) in [6.45, 7) is 7.73. The van der Waals surface area contributed by atoms with E-state index < -0.39 is 8.32 Å². The number of hydrogen-bond donors (Lipinski definition) is 0. The molecule has 88 valence electrons. The number of rotatable bonds is 4. The molecule has 0 aliphatic carbocycles. The first-order valence-electron chi connectivity index (χ1n) is 5.57. The van der Waals surface area contributed by atoms with Crippen LogP contribution in [0.5, 0.6) is 11.5 Å². The molecule has 0 aromatic heterocycles. The van der Waals surface area contributed by atoms with Crippen LogP contribution in [0.4, 0.5) is 0 Å². The molecule has 1 aromatic carbocycles. The highest BCUT2D eigenvalue weighted by Gasteiger charge is 2.15. The summed E-state index contributed by atoms with van der Waals surface area (Å²) >= 11 is 0. The van der Waals surface area contributed by atoms with E-state index in [9.17, 15) is 0 Å². The molecule has 1 aliphatic heterocycles. The molecule has 1 heterocycles. The molecular formula is C12H18O3Si. The summed E-state index contributed by atoms with van der Waals surface area (Å²) in [5.41, 5.74) is 1.24. The third kappa shape index (κ3) is 2.99. The van der Waals surface area contributed by atoms with Gasteiger partial charge in [0.15, 0.2) is 19.8 Å². The largest absolute Gasteiger partial charge is 0.454 e. The van der Waals surface area contributed by atoms with Crippen LogP contribution in [0.1, 0.15) is 5.56 Å². The second-order valence-corrected chi connectivity index (χ2v) is 9.41. The maximum Gasteiger partial charge on any atom is 0.231 e. The van der Waals surface area contributed by atoms with Gasteiger partial charge < -0.3 is 13.9 Å². The Bertz CT molecular complexity index is 371. The van der Waals surface area contributed by atoms with Crippen molar-refractivity contribution in [1.29, 1.82) is 0 Å². The summed E-state index contributed by atoms with van der Waals surface area (Å²) < 4.78 is 16.4. The Balaban J connectivity index is 1.91. The fourth-order valence-electron chi connectivity index (χ4n) is 1.57. The molecule has 0 spiro atoms. The molecule has 0 saturated heterocycles. The van der Waals surface area contributed by atoms with E-state index in [0.29, 0.717) is 6.79 Å². The van der Waals surface area contributed by atoms with Crippen molar-refractivity contribution >= 4 is 8.32 Å². The summed E-state index contributed by atoms with van der Waals surface area (Å²) in [5.74, 6) is 1.69. The average Bonchev–Trinajstić information content (AvgIpc) is 2.62. The first kappa shape index (κ1) is 11.5. The van der Waals surface area contributed by atoms with Crippen LogP contribution in [0.15, 0.2) is 18.2 Å². The number of ether oxygens (including phenoxy) is 2. The first-order valence-corrected chi connectivity index (χ1v) is 8.98. The lowest BCUT2D eigenvalue weighted by Crippen LogP contribution is -2.26. The lowest BCUT2D eigenvalue weighted by Gasteiger charge is -2.16. The molecule has 1 aliphatic rings. The number of fused-ring (bicyclic) bond motifs is 1.